The molecular formula is C14H27NO3. The summed E-state index contributed by atoms with van der Waals surface area (Å²) in [5, 5.41) is 9.98. The van der Waals surface area contributed by atoms with Crippen LogP contribution in [0.5, 0.6) is 0 Å². The zero-order valence-electron chi connectivity index (χ0n) is 12.2. The van der Waals surface area contributed by atoms with Gasteiger partial charge < -0.3 is 14.7 Å². The van der Waals surface area contributed by atoms with Gasteiger partial charge in [0, 0.05) is 13.1 Å². The summed E-state index contributed by atoms with van der Waals surface area (Å²) in [7, 11) is 0. The van der Waals surface area contributed by atoms with E-state index >= 15 is 0 Å². The molecule has 4 nitrogen and oxygen atoms in total. The number of likely N-dealkylation sites (tertiary alicyclic amines) is 1. The fourth-order valence-corrected chi connectivity index (χ4v) is 2.18. The summed E-state index contributed by atoms with van der Waals surface area (Å²) in [5.41, 5.74) is -0.944. The summed E-state index contributed by atoms with van der Waals surface area (Å²) in [5.74, 6) is -0.140. The van der Waals surface area contributed by atoms with Crippen LogP contribution in [0, 0.1) is 0 Å². The van der Waals surface area contributed by atoms with Gasteiger partial charge in [-0.2, -0.15) is 0 Å². The maximum atomic E-state index is 11.6. The summed E-state index contributed by atoms with van der Waals surface area (Å²) < 4.78 is 5.29. The molecule has 1 N–H and O–H groups in total. The van der Waals surface area contributed by atoms with Gasteiger partial charge in [-0.15, -0.1) is 0 Å². The van der Waals surface area contributed by atoms with Gasteiger partial charge in [-0.05, 0) is 53.5 Å². The Bertz CT molecular complexity index is 281. The molecule has 4 heteroatoms. The second-order valence-electron chi connectivity index (χ2n) is 6.53. The van der Waals surface area contributed by atoms with Gasteiger partial charge in [0.1, 0.15) is 5.60 Å². The summed E-state index contributed by atoms with van der Waals surface area (Å²) in [4.78, 5) is 13.9. The third kappa shape index (κ3) is 6.36. The standard InChI is InChI=1S/C14H27NO3/c1-13(2,3)18-12(16)6-10-15-9-5-7-14(4,17)8-11-15/h17H,5-11H2,1-4H3. The molecule has 1 rings (SSSR count). The highest BCUT2D eigenvalue weighted by Gasteiger charge is 2.25. The van der Waals surface area contributed by atoms with Crippen molar-refractivity contribution in [1.82, 2.24) is 4.90 Å². The van der Waals surface area contributed by atoms with Crippen molar-refractivity contribution < 1.29 is 14.6 Å². The van der Waals surface area contributed by atoms with E-state index in [1.165, 1.54) is 0 Å². The molecular weight excluding hydrogens is 230 g/mol. The van der Waals surface area contributed by atoms with Gasteiger partial charge in [0.2, 0.25) is 0 Å². The van der Waals surface area contributed by atoms with Crippen LogP contribution in [-0.4, -0.2) is 46.8 Å². The number of carbonyl (C=O) groups is 1. The minimum Gasteiger partial charge on any atom is -0.460 e. The lowest BCUT2D eigenvalue weighted by atomic mass is 9.98. The first-order valence-corrected chi connectivity index (χ1v) is 6.85. The Hall–Kier alpha value is -0.610. The molecule has 1 atom stereocenters. The summed E-state index contributed by atoms with van der Waals surface area (Å²) in [6, 6.07) is 0. The first-order valence-electron chi connectivity index (χ1n) is 6.85. The Balaban J connectivity index is 2.29. The van der Waals surface area contributed by atoms with Gasteiger partial charge in [0.25, 0.3) is 0 Å². The van der Waals surface area contributed by atoms with Gasteiger partial charge in [-0.25, -0.2) is 0 Å². The van der Waals surface area contributed by atoms with Crippen LogP contribution in [-0.2, 0) is 9.53 Å². The Morgan fingerprint density at radius 3 is 2.61 bits per heavy atom. The van der Waals surface area contributed by atoms with Crippen molar-refractivity contribution in [2.45, 2.75) is 64.6 Å². The number of esters is 1. The minimum atomic E-state index is -0.541. The molecule has 0 saturated carbocycles. The second-order valence-corrected chi connectivity index (χ2v) is 6.53. The van der Waals surface area contributed by atoms with E-state index in [0.29, 0.717) is 6.42 Å². The molecule has 0 aliphatic carbocycles. The van der Waals surface area contributed by atoms with Gasteiger partial charge in [0.15, 0.2) is 0 Å². The lowest BCUT2D eigenvalue weighted by molar-refractivity contribution is -0.155. The number of nitrogens with zero attached hydrogens (tertiary/aromatic N) is 1. The van der Waals surface area contributed by atoms with E-state index in [1.807, 2.05) is 27.7 Å². The molecule has 1 saturated heterocycles. The molecule has 0 aromatic rings. The van der Waals surface area contributed by atoms with Crippen LogP contribution in [0.4, 0.5) is 0 Å². The molecule has 18 heavy (non-hydrogen) atoms. The zero-order chi connectivity index (χ0) is 13.8. The van der Waals surface area contributed by atoms with E-state index in [-0.39, 0.29) is 5.97 Å². The lowest BCUT2D eigenvalue weighted by Gasteiger charge is -2.23. The number of carbonyl (C=O) groups excluding carboxylic acids is 1. The van der Waals surface area contributed by atoms with E-state index in [4.69, 9.17) is 4.74 Å². The average Bonchev–Trinajstić information content (AvgIpc) is 2.34. The highest BCUT2D eigenvalue weighted by molar-refractivity contribution is 5.70. The normalized spacial score (nSPS) is 26.7. The first kappa shape index (κ1) is 15.4. The highest BCUT2D eigenvalue weighted by Crippen LogP contribution is 2.21. The Morgan fingerprint density at radius 2 is 2.00 bits per heavy atom. The van der Waals surface area contributed by atoms with Crippen LogP contribution in [0.2, 0.25) is 0 Å². The van der Waals surface area contributed by atoms with Crippen molar-refractivity contribution in [3.05, 3.63) is 0 Å². The Morgan fingerprint density at radius 1 is 1.33 bits per heavy atom. The average molecular weight is 257 g/mol. The zero-order valence-corrected chi connectivity index (χ0v) is 12.2. The van der Waals surface area contributed by atoms with Crippen LogP contribution < -0.4 is 0 Å². The van der Waals surface area contributed by atoms with E-state index in [1.54, 1.807) is 0 Å². The Kier molecular flexibility index (Phi) is 5.17. The molecule has 1 aliphatic heterocycles. The highest BCUT2D eigenvalue weighted by atomic mass is 16.6. The number of hydrogen-bond donors (Lipinski definition) is 1. The minimum absolute atomic E-state index is 0.140. The molecule has 1 unspecified atom stereocenters. The van der Waals surface area contributed by atoms with Crippen LogP contribution in [0.25, 0.3) is 0 Å². The van der Waals surface area contributed by atoms with Crippen molar-refractivity contribution in [3.63, 3.8) is 0 Å². The fourth-order valence-electron chi connectivity index (χ4n) is 2.18. The van der Waals surface area contributed by atoms with E-state index in [9.17, 15) is 9.90 Å². The quantitative estimate of drug-likeness (QED) is 0.785. The van der Waals surface area contributed by atoms with Crippen molar-refractivity contribution in [1.29, 1.82) is 0 Å². The third-order valence-corrected chi connectivity index (χ3v) is 3.21. The largest absolute Gasteiger partial charge is 0.460 e. The monoisotopic (exact) mass is 257 g/mol. The molecule has 0 aromatic heterocycles. The van der Waals surface area contributed by atoms with Gasteiger partial charge in [-0.3, -0.25) is 4.79 Å². The van der Waals surface area contributed by atoms with E-state index in [0.717, 1.165) is 38.9 Å². The van der Waals surface area contributed by atoms with Crippen molar-refractivity contribution in [3.8, 4) is 0 Å². The van der Waals surface area contributed by atoms with Gasteiger partial charge in [0.05, 0.1) is 12.0 Å². The third-order valence-electron chi connectivity index (χ3n) is 3.21. The maximum absolute atomic E-state index is 11.6. The number of rotatable bonds is 3. The predicted molar refractivity (Wildman–Crippen MR) is 71.4 cm³/mol. The van der Waals surface area contributed by atoms with Crippen LogP contribution in [0.3, 0.4) is 0 Å². The molecule has 0 bridgehead atoms. The molecule has 1 fully saturated rings. The number of hydrogen-bond acceptors (Lipinski definition) is 4. The summed E-state index contributed by atoms with van der Waals surface area (Å²) >= 11 is 0. The molecule has 0 aromatic carbocycles. The topological polar surface area (TPSA) is 49.8 Å². The summed E-state index contributed by atoms with van der Waals surface area (Å²) in [6.45, 7) is 10.1. The van der Waals surface area contributed by atoms with Gasteiger partial charge in [-0.1, -0.05) is 0 Å². The second kappa shape index (κ2) is 6.02. The van der Waals surface area contributed by atoms with Crippen LogP contribution in [0.1, 0.15) is 53.4 Å². The smallest absolute Gasteiger partial charge is 0.307 e. The molecule has 0 radical (unpaired) electrons. The van der Waals surface area contributed by atoms with Crippen molar-refractivity contribution >= 4 is 5.97 Å². The maximum Gasteiger partial charge on any atom is 0.307 e. The van der Waals surface area contributed by atoms with E-state index < -0.39 is 11.2 Å². The van der Waals surface area contributed by atoms with Crippen LogP contribution in [0.15, 0.2) is 0 Å². The van der Waals surface area contributed by atoms with E-state index in [2.05, 4.69) is 4.90 Å². The predicted octanol–water partition coefficient (Wildman–Crippen LogP) is 1.96. The first-order chi connectivity index (χ1) is 8.18. The lowest BCUT2D eigenvalue weighted by Crippen LogP contribution is -2.31. The molecule has 1 heterocycles. The fraction of sp³-hybridized carbons (Fsp3) is 0.929. The van der Waals surface area contributed by atoms with Crippen molar-refractivity contribution in [2.24, 2.45) is 0 Å². The Labute approximate surface area is 110 Å². The molecule has 0 spiro atoms. The number of aliphatic hydroxyl groups is 1. The van der Waals surface area contributed by atoms with Gasteiger partial charge >= 0.3 is 5.97 Å². The SMILES string of the molecule is CC1(O)CCCN(CCC(=O)OC(C)(C)C)CC1. The molecule has 106 valence electrons. The van der Waals surface area contributed by atoms with Crippen LogP contribution >= 0.6 is 0 Å². The number of ether oxygens (including phenoxy) is 1. The molecule has 0 amide bonds. The van der Waals surface area contributed by atoms with Crippen molar-refractivity contribution in [2.75, 3.05) is 19.6 Å². The molecule has 1 aliphatic rings. The summed E-state index contributed by atoms with van der Waals surface area (Å²) in [6.07, 6.45) is 3.04.